The quantitative estimate of drug-likeness (QED) is 0.882. The lowest BCUT2D eigenvalue weighted by molar-refractivity contribution is 0.675. The molecule has 0 aliphatic heterocycles. The Labute approximate surface area is 118 Å². The number of rotatable bonds is 3. The maximum absolute atomic E-state index is 9.04. The zero-order chi connectivity index (χ0) is 13.1. The van der Waals surface area contributed by atoms with Crippen LogP contribution in [0.3, 0.4) is 0 Å². The van der Waals surface area contributed by atoms with E-state index in [1.54, 1.807) is 4.68 Å². The number of hydrogen-bond acceptors (Lipinski definition) is 4. The minimum atomic E-state index is 0.421. The average molecular weight is 323 g/mol. The van der Waals surface area contributed by atoms with E-state index in [9.17, 15) is 0 Å². The van der Waals surface area contributed by atoms with Gasteiger partial charge in [0, 0.05) is 4.47 Å². The van der Waals surface area contributed by atoms with Crippen molar-refractivity contribution < 1.29 is 0 Å². The van der Waals surface area contributed by atoms with Crippen LogP contribution in [0.4, 0.5) is 5.82 Å². The number of nitriles is 1. The van der Waals surface area contributed by atoms with Crippen molar-refractivity contribution in [2.45, 2.75) is 11.6 Å². The molecule has 4 nitrogen and oxygen atoms in total. The molecule has 0 atom stereocenters. The van der Waals surface area contributed by atoms with Crippen LogP contribution in [-0.4, -0.2) is 16.0 Å². The normalized spacial score (nSPS) is 10.3. The number of nitrogen functional groups attached to an aromatic ring is 1. The minimum absolute atomic E-state index is 0.421. The van der Waals surface area contributed by atoms with Crippen LogP contribution in [0.2, 0.25) is 0 Å². The summed E-state index contributed by atoms with van der Waals surface area (Å²) in [6.07, 6.45) is 1.88. The van der Waals surface area contributed by atoms with Gasteiger partial charge < -0.3 is 5.73 Å². The first-order valence-electron chi connectivity index (χ1n) is 5.20. The van der Waals surface area contributed by atoms with Crippen molar-refractivity contribution in [3.8, 4) is 6.07 Å². The summed E-state index contributed by atoms with van der Waals surface area (Å²) < 4.78 is 2.69. The monoisotopic (exact) mass is 322 g/mol. The summed E-state index contributed by atoms with van der Waals surface area (Å²) in [7, 11) is 0. The van der Waals surface area contributed by atoms with Gasteiger partial charge in [-0.05, 0) is 24.0 Å². The van der Waals surface area contributed by atoms with E-state index in [-0.39, 0.29) is 0 Å². The minimum Gasteiger partial charge on any atom is -0.383 e. The number of benzene rings is 1. The number of nitrogens with zero attached hydrogens (tertiary/aromatic N) is 3. The highest BCUT2D eigenvalue weighted by Crippen LogP contribution is 2.24. The van der Waals surface area contributed by atoms with E-state index in [2.05, 4.69) is 27.1 Å². The molecule has 6 heteroatoms. The molecule has 0 aliphatic carbocycles. The van der Waals surface area contributed by atoms with Crippen molar-refractivity contribution in [3.63, 3.8) is 0 Å². The lowest BCUT2D eigenvalue weighted by Crippen LogP contribution is -2.06. The predicted octanol–water partition coefficient (Wildman–Crippen LogP) is 2.87. The lowest BCUT2D eigenvalue weighted by atomic mass is 10.2. The fourth-order valence-electron chi connectivity index (χ4n) is 1.58. The molecule has 92 valence electrons. The summed E-state index contributed by atoms with van der Waals surface area (Å²) in [4.78, 5) is 0. The van der Waals surface area contributed by atoms with Crippen LogP contribution >= 0.6 is 27.7 Å². The fraction of sp³-hybridized carbons (Fsp3) is 0.167. The third-order valence-electron chi connectivity index (χ3n) is 2.51. The van der Waals surface area contributed by atoms with E-state index in [0.717, 1.165) is 10.0 Å². The summed E-state index contributed by atoms with van der Waals surface area (Å²) in [6.45, 7) is 0.564. The van der Waals surface area contributed by atoms with Crippen LogP contribution in [0.5, 0.6) is 0 Å². The largest absolute Gasteiger partial charge is 0.383 e. The number of hydrogen-bond donors (Lipinski definition) is 1. The molecule has 0 fully saturated rings. The molecule has 1 heterocycles. The van der Waals surface area contributed by atoms with E-state index >= 15 is 0 Å². The standard InChI is InChI=1S/C12H11BrN4S/c1-18-12-10(6-14)11(15)17(16-12)7-8-2-4-9(13)5-3-8/h2-5H,7,15H2,1H3. The molecule has 0 amide bonds. The molecular formula is C12H11BrN4S. The molecule has 2 N–H and O–H groups in total. The van der Waals surface area contributed by atoms with E-state index in [1.165, 1.54) is 11.8 Å². The average Bonchev–Trinajstić information content (AvgIpc) is 2.68. The zero-order valence-corrected chi connectivity index (χ0v) is 12.1. The second kappa shape index (κ2) is 5.46. The molecule has 2 aromatic rings. The van der Waals surface area contributed by atoms with Gasteiger partial charge in [0.25, 0.3) is 0 Å². The van der Waals surface area contributed by atoms with Gasteiger partial charge >= 0.3 is 0 Å². The molecule has 0 spiro atoms. The van der Waals surface area contributed by atoms with Gasteiger partial charge in [-0.25, -0.2) is 4.68 Å². The highest BCUT2D eigenvalue weighted by atomic mass is 79.9. The molecule has 1 aromatic heterocycles. The molecule has 0 saturated heterocycles. The molecule has 18 heavy (non-hydrogen) atoms. The Morgan fingerprint density at radius 2 is 2.11 bits per heavy atom. The second-order valence-corrected chi connectivity index (χ2v) is 5.38. The first kappa shape index (κ1) is 13.0. The first-order chi connectivity index (χ1) is 8.65. The maximum Gasteiger partial charge on any atom is 0.141 e. The highest BCUT2D eigenvalue weighted by molar-refractivity contribution is 9.10. The highest BCUT2D eigenvalue weighted by Gasteiger charge is 2.14. The number of halogens is 1. The Kier molecular flexibility index (Phi) is 3.94. The Morgan fingerprint density at radius 1 is 1.44 bits per heavy atom. The van der Waals surface area contributed by atoms with E-state index in [4.69, 9.17) is 11.0 Å². The Balaban J connectivity index is 2.32. The summed E-state index contributed by atoms with van der Waals surface area (Å²) in [6, 6.07) is 10.0. The van der Waals surface area contributed by atoms with Crippen molar-refractivity contribution >= 4 is 33.5 Å². The zero-order valence-electron chi connectivity index (χ0n) is 9.72. The predicted molar refractivity (Wildman–Crippen MR) is 76.4 cm³/mol. The van der Waals surface area contributed by atoms with Gasteiger partial charge in [-0.2, -0.15) is 10.4 Å². The molecule has 0 bridgehead atoms. The number of nitrogens with two attached hydrogens (primary N) is 1. The molecule has 0 aliphatic rings. The van der Waals surface area contributed by atoms with Crippen molar-refractivity contribution in [2.75, 3.05) is 12.0 Å². The fourth-order valence-corrected chi connectivity index (χ4v) is 2.38. The smallest absolute Gasteiger partial charge is 0.141 e. The lowest BCUT2D eigenvalue weighted by Gasteiger charge is -2.04. The number of aromatic nitrogens is 2. The first-order valence-corrected chi connectivity index (χ1v) is 7.22. The third-order valence-corrected chi connectivity index (χ3v) is 3.71. The Hall–Kier alpha value is -1.45. The summed E-state index contributed by atoms with van der Waals surface area (Å²) in [5.74, 6) is 0.421. The van der Waals surface area contributed by atoms with E-state index in [1.807, 2.05) is 30.5 Å². The van der Waals surface area contributed by atoms with Crippen molar-refractivity contribution in [3.05, 3.63) is 39.9 Å². The summed E-state index contributed by atoms with van der Waals surface area (Å²) in [5, 5.41) is 14.1. The van der Waals surface area contributed by atoms with Gasteiger partial charge in [-0.15, -0.1) is 11.8 Å². The summed E-state index contributed by atoms with van der Waals surface area (Å²) in [5.41, 5.74) is 7.47. The maximum atomic E-state index is 9.04. The van der Waals surface area contributed by atoms with Crippen LogP contribution < -0.4 is 5.73 Å². The Bertz CT molecular complexity index is 598. The van der Waals surface area contributed by atoms with Crippen LogP contribution in [0.1, 0.15) is 11.1 Å². The van der Waals surface area contributed by atoms with Crippen molar-refractivity contribution in [1.29, 1.82) is 5.26 Å². The van der Waals surface area contributed by atoms with Gasteiger partial charge in [-0.1, -0.05) is 28.1 Å². The second-order valence-electron chi connectivity index (χ2n) is 3.67. The SMILES string of the molecule is CSc1nn(Cc2ccc(Br)cc2)c(N)c1C#N. The number of thioether (sulfide) groups is 1. The van der Waals surface area contributed by atoms with Crippen LogP contribution in [-0.2, 0) is 6.54 Å². The molecule has 0 unspecified atom stereocenters. The number of anilines is 1. The van der Waals surface area contributed by atoms with E-state index < -0.39 is 0 Å². The van der Waals surface area contributed by atoms with Gasteiger partial charge in [0.05, 0.1) is 6.54 Å². The molecule has 0 saturated carbocycles. The van der Waals surface area contributed by atoms with Gasteiger partial charge in [0.1, 0.15) is 22.5 Å². The topological polar surface area (TPSA) is 67.6 Å². The molecular weight excluding hydrogens is 312 g/mol. The molecule has 2 rings (SSSR count). The van der Waals surface area contributed by atoms with E-state index in [0.29, 0.717) is 23.0 Å². The van der Waals surface area contributed by atoms with Gasteiger partial charge in [-0.3, -0.25) is 0 Å². The molecule has 1 aromatic carbocycles. The van der Waals surface area contributed by atoms with Crippen LogP contribution in [0.15, 0.2) is 33.8 Å². The summed E-state index contributed by atoms with van der Waals surface area (Å²) >= 11 is 4.82. The van der Waals surface area contributed by atoms with Crippen molar-refractivity contribution in [1.82, 2.24) is 9.78 Å². The Morgan fingerprint density at radius 3 is 2.61 bits per heavy atom. The third kappa shape index (κ3) is 2.52. The van der Waals surface area contributed by atoms with Crippen LogP contribution in [0.25, 0.3) is 0 Å². The molecule has 0 radical (unpaired) electrons. The van der Waals surface area contributed by atoms with Crippen LogP contribution in [0, 0.1) is 11.3 Å². The van der Waals surface area contributed by atoms with Gasteiger partial charge in [0.15, 0.2) is 0 Å². The van der Waals surface area contributed by atoms with Gasteiger partial charge in [0.2, 0.25) is 0 Å². The van der Waals surface area contributed by atoms with Crippen molar-refractivity contribution in [2.24, 2.45) is 0 Å².